The van der Waals surface area contributed by atoms with Crippen LogP contribution in [0.15, 0.2) is 161 Å². The highest BCUT2D eigenvalue weighted by Gasteiger charge is 2.27. The fourth-order valence-electron chi connectivity index (χ4n) is 7.99. The number of hydrogen-bond donors (Lipinski definition) is 0. The molecule has 0 radical (unpaired) electrons. The van der Waals surface area contributed by atoms with Crippen molar-refractivity contribution in [2.75, 3.05) is 0 Å². The van der Waals surface area contributed by atoms with Gasteiger partial charge in [0.05, 0.1) is 38.8 Å². The van der Waals surface area contributed by atoms with Crippen LogP contribution in [0.5, 0.6) is 0 Å². The Morgan fingerprint density at radius 2 is 0.935 bits per heavy atom. The summed E-state index contributed by atoms with van der Waals surface area (Å²) in [5, 5.41) is 7.74. The van der Waals surface area contributed by atoms with Crippen molar-refractivity contribution >= 4 is 77.2 Å². The van der Waals surface area contributed by atoms with Gasteiger partial charge in [-0.15, -0.1) is 0 Å². The van der Waals surface area contributed by atoms with Gasteiger partial charge in [-0.3, -0.25) is 0 Å². The largest absolute Gasteiger partial charge is 0.309 e. The minimum absolute atomic E-state index is 1.17. The molecule has 10 aromatic rings. The summed E-state index contributed by atoms with van der Waals surface area (Å²) in [6, 6.07) is 55.5. The van der Waals surface area contributed by atoms with Crippen LogP contribution in [0.3, 0.4) is 0 Å². The maximum absolute atomic E-state index is 2.49. The molecule has 0 aliphatic carbocycles. The zero-order valence-corrected chi connectivity index (χ0v) is 25.5. The van der Waals surface area contributed by atoms with Crippen LogP contribution in [0.1, 0.15) is 0 Å². The van der Waals surface area contributed by atoms with Gasteiger partial charge in [-0.1, -0.05) is 96.7 Å². The first-order valence-electron chi connectivity index (χ1n) is 15.7. The standard InChI is InChI=1S/C42H25N3S/c1-2-12-26(13-3-1)43-32-17-7-4-14-28(32)31-24-27(22-23-35(31)43)44-33-18-8-5-15-29(33)40-37(44)25-39-42-41(40)30-16-6-9-19-34(30)45(42)36-20-10-11-21-38(36)46-39/h1-25H. The van der Waals surface area contributed by atoms with Crippen molar-refractivity contribution in [3.05, 3.63) is 152 Å². The Labute approximate surface area is 268 Å². The molecule has 4 heteroatoms. The summed E-state index contributed by atoms with van der Waals surface area (Å²) in [6.45, 7) is 0. The Kier molecular flexibility index (Phi) is 4.78. The molecule has 11 rings (SSSR count). The minimum Gasteiger partial charge on any atom is -0.309 e. The van der Waals surface area contributed by atoms with E-state index in [1.54, 1.807) is 0 Å². The number of nitrogens with zero attached hydrogens (tertiary/aromatic N) is 3. The number of para-hydroxylation sites is 5. The lowest BCUT2D eigenvalue weighted by Gasteiger charge is -2.20. The molecule has 0 amide bonds. The van der Waals surface area contributed by atoms with Gasteiger partial charge < -0.3 is 13.7 Å². The van der Waals surface area contributed by atoms with Crippen LogP contribution >= 0.6 is 11.8 Å². The van der Waals surface area contributed by atoms with E-state index in [4.69, 9.17) is 0 Å². The molecular weight excluding hydrogens is 579 g/mol. The summed E-state index contributed by atoms with van der Waals surface area (Å²) in [6.07, 6.45) is 0. The third-order valence-corrected chi connectivity index (χ3v) is 10.9. The van der Waals surface area contributed by atoms with E-state index < -0.39 is 0 Å². The summed E-state index contributed by atoms with van der Waals surface area (Å²) >= 11 is 1.89. The Morgan fingerprint density at radius 1 is 0.348 bits per heavy atom. The molecule has 0 spiro atoms. The lowest BCUT2D eigenvalue weighted by Crippen LogP contribution is -2.01. The number of benzene rings is 7. The van der Waals surface area contributed by atoms with E-state index in [9.17, 15) is 0 Å². The fraction of sp³-hybridized carbons (Fsp3) is 0. The number of rotatable bonds is 2. The lowest BCUT2D eigenvalue weighted by atomic mass is 10.1. The van der Waals surface area contributed by atoms with E-state index in [1.165, 1.54) is 92.3 Å². The van der Waals surface area contributed by atoms with Gasteiger partial charge in [-0.25, -0.2) is 0 Å². The quantitative estimate of drug-likeness (QED) is 0.192. The van der Waals surface area contributed by atoms with Crippen molar-refractivity contribution in [3.8, 4) is 17.1 Å². The van der Waals surface area contributed by atoms with Crippen molar-refractivity contribution in [1.29, 1.82) is 0 Å². The predicted octanol–water partition coefficient (Wildman–Crippen LogP) is 11.4. The second kappa shape index (κ2) is 8.94. The highest BCUT2D eigenvalue weighted by molar-refractivity contribution is 7.99. The monoisotopic (exact) mass is 603 g/mol. The topological polar surface area (TPSA) is 14.8 Å². The first kappa shape index (κ1) is 24.6. The molecule has 0 bridgehead atoms. The van der Waals surface area contributed by atoms with Gasteiger partial charge >= 0.3 is 0 Å². The maximum Gasteiger partial charge on any atom is 0.0688 e. The van der Waals surface area contributed by atoms with Gasteiger partial charge in [0.15, 0.2) is 0 Å². The molecular formula is C42H25N3S. The molecule has 214 valence electrons. The summed E-state index contributed by atoms with van der Waals surface area (Å²) in [5.74, 6) is 0. The molecule has 46 heavy (non-hydrogen) atoms. The van der Waals surface area contributed by atoms with Crippen LogP contribution in [0.2, 0.25) is 0 Å². The minimum atomic E-state index is 1.17. The van der Waals surface area contributed by atoms with Gasteiger partial charge in [-0.05, 0) is 66.7 Å². The van der Waals surface area contributed by atoms with Gasteiger partial charge in [0.1, 0.15) is 0 Å². The SMILES string of the molecule is c1ccc(-n2c3ccccc3c3cc(-n4c5ccccc5c5c6c7ccccc7n7c6c(cc54)Sc4ccccc4-7)ccc32)cc1. The normalized spacial score (nSPS) is 12.7. The number of aromatic nitrogens is 3. The average Bonchev–Trinajstić information content (AvgIpc) is 3.75. The van der Waals surface area contributed by atoms with Gasteiger partial charge in [0.25, 0.3) is 0 Å². The van der Waals surface area contributed by atoms with Crippen molar-refractivity contribution in [1.82, 2.24) is 13.7 Å². The summed E-state index contributed by atoms with van der Waals surface area (Å²) in [7, 11) is 0. The number of hydrogen-bond acceptors (Lipinski definition) is 1. The molecule has 3 nitrogen and oxygen atoms in total. The van der Waals surface area contributed by atoms with Crippen molar-refractivity contribution in [3.63, 3.8) is 0 Å². The Hall–Kier alpha value is -5.71. The molecule has 0 unspecified atom stereocenters. The van der Waals surface area contributed by atoms with Crippen LogP contribution in [0.4, 0.5) is 0 Å². The summed E-state index contributed by atoms with van der Waals surface area (Å²) < 4.78 is 7.36. The maximum atomic E-state index is 2.49. The highest BCUT2D eigenvalue weighted by atomic mass is 32.2. The van der Waals surface area contributed by atoms with Crippen LogP contribution < -0.4 is 0 Å². The van der Waals surface area contributed by atoms with E-state index in [-0.39, 0.29) is 0 Å². The molecule has 4 heterocycles. The van der Waals surface area contributed by atoms with E-state index in [2.05, 4.69) is 165 Å². The van der Waals surface area contributed by atoms with E-state index >= 15 is 0 Å². The molecule has 0 fully saturated rings. The fourth-order valence-corrected chi connectivity index (χ4v) is 9.09. The smallest absolute Gasteiger partial charge is 0.0688 e. The molecule has 7 aromatic carbocycles. The summed E-state index contributed by atoms with van der Waals surface area (Å²) in [4.78, 5) is 2.58. The molecule has 1 aliphatic heterocycles. The van der Waals surface area contributed by atoms with Gasteiger partial charge in [0, 0.05) is 53.5 Å². The predicted molar refractivity (Wildman–Crippen MR) is 194 cm³/mol. The van der Waals surface area contributed by atoms with E-state index in [0.717, 1.165) is 0 Å². The van der Waals surface area contributed by atoms with E-state index in [1.807, 2.05) is 11.8 Å². The van der Waals surface area contributed by atoms with Crippen molar-refractivity contribution in [2.45, 2.75) is 9.79 Å². The second-order valence-corrected chi connectivity index (χ2v) is 13.2. The third kappa shape index (κ3) is 3.09. The first-order chi connectivity index (χ1) is 22.8. The molecule has 0 saturated heterocycles. The Balaban J connectivity index is 1.29. The van der Waals surface area contributed by atoms with Crippen LogP contribution in [0.25, 0.3) is 82.5 Å². The van der Waals surface area contributed by atoms with Gasteiger partial charge in [0.2, 0.25) is 0 Å². The molecule has 0 N–H and O–H groups in total. The molecule has 3 aromatic heterocycles. The van der Waals surface area contributed by atoms with Crippen molar-refractivity contribution in [2.24, 2.45) is 0 Å². The van der Waals surface area contributed by atoms with Gasteiger partial charge in [-0.2, -0.15) is 0 Å². The second-order valence-electron chi connectivity index (χ2n) is 12.2. The Bertz CT molecular complexity index is 2890. The van der Waals surface area contributed by atoms with E-state index in [0.29, 0.717) is 0 Å². The third-order valence-electron chi connectivity index (χ3n) is 9.79. The zero-order chi connectivity index (χ0) is 29.9. The van der Waals surface area contributed by atoms with Crippen LogP contribution in [0, 0.1) is 0 Å². The highest BCUT2D eigenvalue weighted by Crippen LogP contribution is 2.51. The van der Waals surface area contributed by atoms with Crippen molar-refractivity contribution < 1.29 is 0 Å². The summed E-state index contributed by atoms with van der Waals surface area (Å²) in [5.41, 5.74) is 11.1. The molecule has 0 atom stereocenters. The lowest BCUT2D eigenvalue weighted by molar-refractivity contribution is 1.09. The Morgan fingerprint density at radius 3 is 1.74 bits per heavy atom. The molecule has 0 saturated carbocycles. The molecule has 1 aliphatic rings. The first-order valence-corrected chi connectivity index (χ1v) is 16.5. The van der Waals surface area contributed by atoms with Crippen LogP contribution in [-0.4, -0.2) is 13.7 Å². The zero-order valence-electron chi connectivity index (χ0n) is 24.7. The average molecular weight is 604 g/mol. The van der Waals surface area contributed by atoms with Crippen LogP contribution in [-0.2, 0) is 0 Å². The number of fused-ring (bicyclic) bond motifs is 12.